The van der Waals surface area contributed by atoms with E-state index in [0.717, 1.165) is 42.7 Å². The van der Waals surface area contributed by atoms with E-state index in [-0.39, 0.29) is 18.4 Å². The number of anilines is 1. The molecule has 0 unspecified atom stereocenters. The maximum Gasteiger partial charge on any atom is 0.242 e. The summed E-state index contributed by atoms with van der Waals surface area (Å²) in [4.78, 5) is 27.9. The van der Waals surface area contributed by atoms with E-state index < -0.39 is 0 Å². The highest BCUT2D eigenvalue weighted by Gasteiger charge is 2.20. The van der Waals surface area contributed by atoms with E-state index in [2.05, 4.69) is 19.9 Å². The number of amides is 2. The average molecular weight is 304 g/mol. The van der Waals surface area contributed by atoms with Crippen molar-refractivity contribution in [2.75, 3.05) is 24.5 Å². The highest BCUT2D eigenvalue weighted by Crippen LogP contribution is 2.19. The molecule has 0 heterocycles. The third kappa shape index (κ3) is 5.17. The molecule has 0 aromatic heterocycles. The molecule has 0 aliphatic rings. The van der Waals surface area contributed by atoms with Gasteiger partial charge in [-0.15, -0.1) is 0 Å². The molecule has 0 saturated heterocycles. The van der Waals surface area contributed by atoms with Gasteiger partial charge in [-0.25, -0.2) is 0 Å². The second-order valence-corrected chi connectivity index (χ2v) is 5.83. The van der Waals surface area contributed by atoms with Gasteiger partial charge in [0.15, 0.2) is 0 Å². The summed E-state index contributed by atoms with van der Waals surface area (Å²) < 4.78 is 0. The molecule has 0 atom stereocenters. The number of aryl methyl sites for hydroxylation is 2. The molecule has 0 bridgehead atoms. The Morgan fingerprint density at radius 2 is 1.45 bits per heavy atom. The third-order valence-electron chi connectivity index (χ3n) is 3.53. The zero-order chi connectivity index (χ0) is 16.7. The molecule has 0 fully saturated rings. The second-order valence-electron chi connectivity index (χ2n) is 5.83. The van der Waals surface area contributed by atoms with Crippen LogP contribution < -0.4 is 4.90 Å². The number of hydrogen-bond acceptors (Lipinski definition) is 2. The maximum atomic E-state index is 12.5. The van der Waals surface area contributed by atoms with Crippen molar-refractivity contribution in [1.29, 1.82) is 0 Å². The fraction of sp³-hybridized carbons (Fsp3) is 0.556. The fourth-order valence-corrected chi connectivity index (χ4v) is 2.63. The van der Waals surface area contributed by atoms with E-state index in [4.69, 9.17) is 0 Å². The van der Waals surface area contributed by atoms with E-state index in [1.165, 1.54) is 6.92 Å². The highest BCUT2D eigenvalue weighted by atomic mass is 16.2. The van der Waals surface area contributed by atoms with E-state index in [9.17, 15) is 9.59 Å². The van der Waals surface area contributed by atoms with Gasteiger partial charge < -0.3 is 9.80 Å². The van der Waals surface area contributed by atoms with E-state index in [0.29, 0.717) is 0 Å². The largest absolute Gasteiger partial charge is 0.341 e. The predicted molar refractivity (Wildman–Crippen MR) is 91.1 cm³/mol. The Balaban J connectivity index is 2.96. The van der Waals surface area contributed by atoms with Crippen LogP contribution in [0.4, 0.5) is 5.69 Å². The lowest BCUT2D eigenvalue weighted by Gasteiger charge is -2.27. The van der Waals surface area contributed by atoms with Crippen molar-refractivity contribution in [2.24, 2.45) is 0 Å². The molecule has 1 aromatic carbocycles. The first-order valence-electron chi connectivity index (χ1n) is 8.03. The first kappa shape index (κ1) is 18.2. The minimum Gasteiger partial charge on any atom is -0.341 e. The van der Waals surface area contributed by atoms with Gasteiger partial charge in [-0.3, -0.25) is 9.59 Å². The van der Waals surface area contributed by atoms with Gasteiger partial charge in [0.25, 0.3) is 0 Å². The molecular weight excluding hydrogens is 276 g/mol. The lowest BCUT2D eigenvalue weighted by atomic mass is 10.1. The fourth-order valence-electron chi connectivity index (χ4n) is 2.63. The van der Waals surface area contributed by atoms with Crippen molar-refractivity contribution < 1.29 is 9.59 Å². The number of benzene rings is 1. The average Bonchev–Trinajstić information content (AvgIpc) is 2.42. The van der Waals surface area contributed by atoms with Crippen molar-refractivity contribution in [3.8, 4) is 0 Å². The van der Waals surface area contributed by atoms with Gasteiger partial charge in [0, 0.05) is 25.7 Å². The SMILES string of the molecule is CCCN(CCC)C(=O)CN(C(C)=O)c1cc(C)cc(C)c1. The third-order valence-corrected chi connectivity index (χ3v) is 3.53. The smallest absolute Gasteiger partial charge is 0.242 e. The maximum absolute atomic E-state index is 12.5. The van der Waals surface area contributed by atoms with Crippen LogP contribution in [0.2, 0.25) is 0 Å². The Bertz CT molecular complexity index is 500. The predicted octanol–water partition coefficient (Wildman–Crippen LogP) is 3.30. The summed E-state index contributed by atoms with van der Waals surface area (Å²) in [7, 11) is 0. The minimum atomic E-state index is -0.105. The summed E-state index contributed by atoms with van der Waals surface area (Å²) in [5.41, 5.74) is 2.98. The molecule has 0 N–H and O–H groups in total. The number of nitrogens with zero attached hydrogens (tertiary/aromatic N) is 2. The van der Waals surface area contributed by atoms with Crippen molar-refractivity contribution >= 4 is 17.5 Å². The van der Waals surface area contributed by atoms with Crippen LogP contribution in [0, 0.1) is 13.8 Å². The molecule has 1 rings (SSSR count). The Labute approximate surface area is 134 Å². The molecule has 0 saturated carbocycles. The first-order valence-corrected chi connectivity index (χ1v) is 8.03. The van der Waals surface area contributed by atoms with Crippen LogP contribution in [0.3, 0.4) is 0 Å². The summed E-state index contributed by atoms with van der Waals surface area (Å²) in [5.74, 6) is -0.0932. The van der Waals surface area contributed by atoms with Crippen molar-refractivity contribution in [2.45, 2.75) is 47.5 Å². The summed E-state index contributed by atoms with van der Waals surface area (Å²) in [6, 6.07) is 5.96. The zero-order valence-corrected chi connectivity index (χ0v) is 14.5. The van der Waals surface area contributed by atoms with Crippen LogP contribution >= 0.6 is 0 Å². The van der Waals surface area contributed by atoms with E-state index in [1.807, 2.05) is 30.9 Å². The van der Waals surface area contributed by atoms with Gasteiger partial charge >= 0.3 is 0 Å². The van der Waals surface area contributed by atoms with Gasteiger partial charge in [-0.2, -0.15) is 0 Å². The normalized spacial score (nSPS) is 10.4. The van der Waals surface area contributed by atoms with Gasteiger partial charge in [0.05, 0.1) is 0 Å². The van der Waals surface area contributed by atoms with Gasteiger partial charge in [-0.05, 0) is 49.9 Å². The lowest BCUT2D eigenvalue weighted by Crippen LogP contribution is -2.43. The summed E-state index contributed by atoms with van der Waals surface area (Å²) in [6.45, 7) is 11.2. The lowest BCUT2D eigenvalue weighted by molar-refractivity contribution is -0.131. The van der Waals surface area contributed by atoms with Gasteiger partial charge in [0.1, 0.15) is 6.54 Å². The molecule has 0 aliphatic carbocycles. The number of rotatable bonds is 7. The minimum absolute atomic E-state index is 0.0121. The van der Waals surface area contributed by atoms with Crippen LogP contribution in [-0.4, -0.2) is 36.3 Å². The molecule has 2 amide bonds. The summed E-state index contributed by atoms with van der Waals surface area (Å²) in [5, 5.41) is 0. The van der Waals surface area contributed by atoms with Crippen LogP contribution in [0.15, 0.2) is 18.2 Å². The Hall–Kier alpha value is -1.84. The molecule has 1 aromatic rings. The molecule has 0 radical (unpaired) electrons. The standard InChI is InChI=1S/C18H28N2O2/c1-6-8-19(9-7-2)18(22)13-20(16(5)21)17-11-14(3)10-15(4)12-17/h10-12H,6-9,13H2,1-5H3. The van der Waals surface area contributed by atoms with Gasteiger partial charge in [-0.1, -0.05) is 19.9 Å². The Morgan fingerprint density at radius 1 is 0.955 bits per heavy atom. The summed E-state index contributed by atoms with van der Waals surface area (Å²) in [6.07, 6.45) is 1.85. The zero-order valence-electron chi connectivity index (χ0n) is 14.5. The topological polar surface area (TPSA) is 40.6 Å². The second kappa shape index (κ2) is 8.57. The molecule has 122 valence electrons. The quantitative estimate of drug-likeness (QED) is 0.775. The first-order chi connectivity index (χ1) is 10.4. The molecule has 4 heteroatoms. The van der Waals surface area contributed by atoms with E-state index in [1.54, 1.807) is 4.90 Å². The Morgan fingerprint density at radius 3 is 1.86 bits per heavy atom. The Kier molecular flexibility index (Phi) is 7.09. The molecule has 0 spiro atoms. The van der Waals surface area contributed by atoms with E-state index >= 15 is 0 Å². The van der Waals surface area contributed by atoms with Crippen LogP contribution in [-0.2, 0) is 9.59 Å². The number of carbonyl (C=O) groups is 2. The highest BCUT2D eigenvalue weighted by molar-refractivity contribution is 5.97. The van der Waals surface area contributed by atoms with Crippen LogP contribution in [0.25, 0.3) is 0 Å². The number of hydrogen-bond donors (Lipinski definition) is 0. The van der Waals surface area contributed by atoms with Crippen LogP contribution in [0.5, 0.6) is 0 Å². The van der Waals surface area contributed by atoms with Crippen LogP contribution in [0.1, 0.15) is 44.7 Å². The van der Waals surface area contributed by atoms with Crippen molar-refractivity contribution in [3.05, 3.63) is 29.3 Å². The summed E-state index contributed by atoms with van der Waals surface area (Å²) >= 11 is 0. The monoisotopic (exact) mass is 304 g/mol. The molecule has 0 aliphatic heterocycles. The molecule has 4 nitrogen and oxygen atoms in total. The molecule has 22 heavy (non-hydrogen) atoms. The number of carbonyl (C=O) groups excluding carboxylic acids is 2. The van der Waals surface area contributed by atoms with Gasteiger partial charge in [0.2, 0.25) is 11.8 Å². The van der Waals surface area contributed by atoms with Crippen molar-refractivity contribution in [3.63, 3.8) is 0 Å². The van der Waals surface area contributed by atoms with Crippen molar-refractivity contribution in [1.82, 2.24) is 4.90 Å². The molecular formula is C18H28N2O2.